The monoisotopic (exact) mass is 284 g/mol. The van der Waals surface area contributed by atoms with Crippen molar-refractivity contribution in [3.05, 3.63) is 23.5 Å². The lowest BCUT2D eigenvalue weighted by Crippen LogP contribution is -3.00. The lowest BCUT2D eigenvalue weighted by molar-refractivity contribution is -0.360. The van der Waals surface area contributed by atoms with Crippen LogP contribution in [0.15, 0.2) is 12.1 Å². The average Bonchev–Trinajstić information content (AvgIpc) is 2.64. The summed E-state index contributed by atoms with van der Waals surface area (Å²) in [6, 6.07) is 3.09. The summed E-state index contributed by atoms with van der Waals surface area (Å²) >= 11 is 0. The van der Waals surface area contributed by atoms with Crippen LogP contribution in [0.4, 0.5) is 0 Å². The number of nitrogens with one attached hydrogen (secondary N) is 1. The zero-order chi connectivity index (χ0) is 13.3. The van der Waals surface area contributed by atoms with Gasteiger partial charge in [-0.05, 0) is 12.1 Å². The van der Waals surface area contributed by atoms with Crippen LogP contribution in [0.25, 0.3) is 11.0 Å². The molecule has 1 heterocycles. The number of carbonyl (C=O) groups excluding carboxylic acids is 1. The Morgan fingerprint density at radius 2 is 2.16 bits per heavy atom. The van der Waals surface area contributed by atoms with Crippen molar-refractivity contribution < 1.29 is 37.2 Å². The first-order valence-electron chi connectivity index (χ1n) is 5.44. The summed E-state index contributed by atoms with van der Waals surface area (Å²) in [7, 11) is 1.72. The van der Waals surface area contributed by atoms with Gasteiger partial charge in [0.15, 0.2) is 17.3 Å². The first kappa shape index (κ1) is 15.0. The van der Waals surface area contributed by atoms with E-state index in [2.05, 4.69) is 4.98 Å². The minimum Gasteiger partial charge on any atom is -1.00 e. The van der Waals surface area contributed by atoms with E-state index in [1.807, 2.05) is 0 Å². The van der Waals surface area contributed by atoms with E-state index in [1.54, 1.807) is 17.7 Å². The van der Waals surface area contributed by atoms with Crippen molar-refractivity contribution in [3.63, 3.8) is 0 Å². The molecule has 6 nitrogen and oxygen atoms in total. The van der Waals surface area contributed by atoms with E-state index >= 15 is 0 Å². The number of hydrogen-bond acceptors (Lipinski definition) is 3. The van der Waals surface area contributed by atoms with Gasteiger partial charge < -0.3 is 22.6 Å². The summed E-state index contributed by atoms with van der Waals surface area (Å²) in [5, 5.41) is 18.3. The smallest absolute Gasteiger partial charge is 0.303 e. The van der Waals surface area contributed by atoms with Crippen LogP contribution < -0.4 is 17.4 Å². The van der Waals surface area contributed by atoms with Gasteiger partial charge in [0.25, 0.3) is 5.82 Å². The Kier molecular flexibility index (Phi) is 4.50. The molecule has 0 saturated carbocycles. The number of aryl methyl sites for hydroxylation is 2. The molecular weight excluding hydrogens is 272 g/mol. The summed E-state index contributed by atoms with van der Waals surface area (Å²) in [6.07, 6.45) is 0.926. The second-order valence-electron chi connectivity index (χ2n) is 4.04. The van der Waals surface area contributed by atoms with Crippen molar-refractivity contribution in [1.29, 1.82) is 0 Å². The summed E-state index contributed by atoms with van der Waals surface area (Å²) in [5.41, 5.74) is 1.47. The van der Waals surface area contributed by atoms with Crippen molar-refractivity contribution in [1.82, 2.24) is 4.57 Å². The highest BCUT2D eigenvalue weighted by Gasteiger charge is 2.21. The molecule has 1 aromatic heterocycles. The highest BCUT2D eigenvalue weighted by molar-refractivity contribution is 5.96. The molecule has 1 aromatic carbocycles. The van der Waals surface area contributed by atoms with Gasteiger partial charge in [-0.2, -0.15) is 0 Å². The van der Waals surface area contributed by atoms with E-state index in [0.717, 1.165) is 0 Å². The maximum Gasteiger partial charge on any atom is 0.303 e. The number of carboxylic acid groups (broad SMARTS) is 1. The fourth-order valence-corrected chi connectivity index (χ4v) is 2.01. The average molecular weight is 285 g/mol. The Hall–Kier alpha value is -2.08. The van der Waals surface area contributed by atoms with E-state index in [4.69, 9.17) is 5.11 Å². The predicted octanol–water partition coefficient (Wildman–Crippen LogP) is -2.47. The van der Waals surface area contributed by atoms with Crippen LogP contribution in [0.2, 0.25) is 0 Å². The van der Waals surface area contributed by atoms with Crippen molar-refractivity contribution in [3.8, 4) is 5.75 Å². The number of rotatable bonds is 4. The topological polar surface area (TPSA) is 93.7 Å². The largest absolute Gasteiger partial charge is 1.00 e. The third-order valence-corrected chi connectivity index (χ3v) is 2.91. The number of aromatic hydroxyl groups is 1. The first-order chi connectivity index (χ1) is 8.54. The van der Waals surface area contributed by atoms with Crippen LogP contribution >= 0.6 is 0 Å². The number of fused-ring (bicyclic) bond motifs is 1. The molecule has 0 aliphatic carbocycles. The quantitative estimate of drug-likeness (QED) is 0.609. The van der Waals surface area contributed by atoms with Crippen LogP contribution in [0, 0.1) is 0 Å². The number of phenolic OH excluding ortho intramolecular Hbond substituents is 1. The fourth-order valence-electron chi connectivity index (χ4n) is 2.01. The second-order valence-corrected chi connectivity index (χ2v) is 4.04. The van der Waals surface area contributed by atoms with Crippen LogP contribution in [0.3, 0.4) is 0 Å². The Bertz CT molecular complexity index is 636. The van der Waals surface area contributed by atoms with Crippen molar-refractivity contribution in [2.24, 2.45) is 7.05 Å². The van der Waals surface area contributed by atoms with E-state index in [0.29, 0.717) is 29.6 Å². The van der Waals surface area contributed by atoms with Gasteiger partial charge in [0.2, 0.25) is 0 Å². The molecule has 2 rings (SSSR count). The van der Waals surface area contributed by atoms with Gasteiger partial charge in [0.1, 0.15) is 11.3 Å². The molecule has 0 radical (unpaired) electrons. The van der Waals surface area contributed by atoms with Crippen LogP contribution in [0.5, 0.6) is 5.75 Å². The van der Waals surface area contributed by atoms with Gasteiger partial charge in [0.05, 0.1) is 19.9 Å². The molecule has 3 N–H and O–H groups in total. The molecule has 0 spiro atoms. The van der Waals surface area contributed by atoms with E-state index in [9.17, 15) is 14.7 Å². The third kappa shape index (κ3) is 2.68. The molecule has 19 heavy (non-hydrogen) atoms. The summed E-state index contributed by atoms with van der Waals surface area (Å²) in [4.78, 5) is 24.6. The number of H-pyrrole nitrogens is 1. The third-order valence-electron chi connectivity index (χ3n) is 2.91. The molecule has 0 aliphatic heterocycles. The normalized spacial score (nSPS) is 10.2. The minimum atomic E-state index is -0.882. The molecule has 0 bridgehead atoms. The van der Waals surface area contributed by atoms with Gasteiger partial charge in [-0.25, -0.2) is 9.55 Å². The van der Waals surface area contributed by atoms with Crippen LogP contribution in [-0.4, -0.2) is 27.0 Å². The maximum absolute atomic E-state index is 11.0. The number of aromatic amines is 1. The number of aliphatic carboxylic acids is 1. The number of benzene rings is 1. The highest BCUT2D eigenvalue weighted by Crippen LogP contribution is 2.24. The standard InChI is InChI=1S/C12H12N2O4.ClH/c1-14-10(4-5-11(17)18)13-8-2-3-9(16)7(6-15)12(8)14;/h2-3,6,16H,4-5H2,1H3,(H,17,18);1H. The number of aromatic nitrogens is 2. The molecule has 0 aliphatic rings. The van der Waals surface area contributed by atoms with Gasteiger partial charge in [-0.1, -0.05) is 0 Å². The van der Waals surface area contributed by atoms with E-state index in [1.165, 1.54) is 6.07 Å². The maximum atomic E-state index is 11.0. The second kappa shape index (κ2) is 5.71. The Labute approximate surface area is 115 Å². The molecule has 0 amide bonds. The predicted molar refractivity (Wildman–Crippen MR) is 62.5 cm³/mol. The molecule has 7 heteroatoms. The van der Waals surface area contributed by atoms with Crippen molar-refractivity contribution >= 4 is 23.3 Å². The first-order valence-corrected chi connectivity index (χ1v) is 5.44. The van der Waals surface area contributed by atoms with Crippen LogP contribution in [0.1, 0.15) is 22.6 Å². The van der Waals surface area contributed by atoms with E-state index < -0.39 is 5.97 Å². The summed E-state index contributed by atoms with van der Waals surface area (Å²) < 4.78 is 1.70. The fraction of sp³-hybridized carbons (Fsp3) is 0.250. The number of phenols is 1. The zero-order valence-electron chi connectivity index (χ0n) is 10.2. The number of halogens is 1. The highest BCUT2D eigenvalue weighted by atomic mass is 35.5. The lowest BCUT2D eigenvalue weighted by atomic mass is 10.2. The summed E-state index contributed by atoms with van der Waals surface area (Å²) in [6.45, 7) is 0. The number of imidazole rings is 1. The Balaban J connectivity index is 0.00000180. The minimum absolute atomic E-state index is 0. The Morgan fingerprint density at radius 1 is 1.47 bits per heavy atom. The van der Waals surface area contributed by atoms with Gasteiger partial charge in [-0.3, -0.25) is 9.59 Å². The molecule has 2 aromatic rings. The van der Waals surface area contributed by atoms with Crippen molar-refractivity contribution in [2.75, 3.05) is 0 Å². The molecule has 0 fully saturated rings. The van der Waals surface area contributed by atoms with Crippen molar-refractivity contribution in [2.45, 2.75) is 12.8 Å². The number of aldehydes is 1. The van der Waals surface area contributed by atoms with E-state index in [-0.39, 0.29) is 30.1 Å². The number of carbonyl (C=O) groups is 2. The van der Waals surface area contributed by atoms with Gasteiger partial charge >= 0.3 is 5.97 Å². The SMILES string of the molecule is Cn1c(CCC(=O)O)[nH+]c2ccc(O)c(C=O)c21.[Cl-]. The number of hydrogen-bond donors (Lipinski definition) is 2. The number of carboxylic acids is 1. The molecule has 102 valence electrons. The Morgan fingerprint density at radius 3 is 2.74 bits per heavy atom. The van der Waals surface area contributed by atoms with Crippen LogP contribution in [-0.2, 0) is 18.3 Å². The molecular formula is C12H13ClN2O4. The summed E-state index contributed by atoms with van der Waals surface area (Å²) in [5.74, 6) is -0.273. The zero-order valence-corrected chi connectivity index (χ0v) is 10.9. The lowest BCUT2D eigenvalue weighted by Gasteiger charge is -1.97. The molecule has 0 saturated heterocycles. The molecule has 0 atom stereocenters. The van der Waals surface area contributed by atoms with Gasteiger partial charge in [0, 0.05) is 0 Å². The van der Waals surface area contributed by atoms with Gasteiger partial charge in [-0.15, -0.1) is 0 Å². The molecule has 0 unspecified atom stereocenters. The number of nitrogens with zero attached hydrogens (tertiary/aromatic N) is 1.